The summed E-state index contributed by atoms with van der Waals surface area (Å²) in [4.78, 5) is 26.1. The number of carbonyl (C=O) groups is 2. The van der Waals surface area contributed by atoms with E-state index in [1.54, 1.807) is 18.2 Å². The number of hydrogen-bond acceptors (Lipinski definition) is 7. The van der Waals surface area contributed by atoms with Gasteiger partial charge in [0.25, 0.3) is 0 Å². The van der Waals surface area contributed by atoms with Crippen LogP contribution < -0.4 is 14.8 Å². The molecule has 0 aliphatic heterocycles. The van der Waals surface area contributed by atoms with E-state index < -0.39 is 11.9 Å². The van der Waals surface area contributed by atoms with Crippen LogP contribution in [0.3, 0.4) is 0 Å². The smallest absolute Gasteiger partial charge is 0.316 e. The molecule has 0 atom stereocenters. The minimum atomic E-state index is -1.01. The first-order chi connectivity index (χ1) is 11.0. The fourth-order valence-corrected chi connectivity index (χ4v) is 1.77. The predicted molar refractivity (Wildman–Crippen MR) is 77.4 cm³/mol. The lowest BCUT2D eigenvalue weighted by Gasteiger charge is -2.07. The Morgan fingerprint density at radius 3 is 2.65 bits per heavy atom. The van der Waals surface area contributed by atoms with Gasteiger partial charge in [-0.25, -0.2) is 0 Å². The van der Waals surface area contributed by atoms with E-state index in [1.165, 1.54) is 14.2 Å². The van der Waals surface area contributed by atoms with Crippen molar-refractivity contribution >= 4 is 11.9 Å². The van der Waals surface area contributed by atoms with Gasteiger partial charge in [-0.05, 0) is 18.2 Å². The third kappa shape index (κ3) is 3.96. The minimum absolute atomic E-state index is 0.0256. The number of amides is 1. The second-order valence-corrected chi connectivity index (χ2v) is 4.39. The first-order valence-corrected chi connectivity index (χ1v) is 6.61. The molecule has 23 heavy (non-hydrogen) atoms. The molecule has 9 nitrogen and oxygen atoms in total. The van der Waals surface area contributed by atoms with Crippen LogP contribution in [0.25, 0.3) is 11.4 Å². The van der Waals surface area contributed by atoms with Gasteiger partial charge in [0.2, 0.25) is 5.82 Å². The van der Waals surface area contributed by atoms with Crippen LogP contribution in [-0.4, -0.2) is 47.9 Å². The van der Waals surface area contributed by atoms with E-state index in [-0.39, 0.29) is 24.7 Å². The number of carboxylic acids is 1. The molecule has 122 valence electrons. The van der Waals surface area contributed by atoms with Crippen molar-refractivity contribution < 1.29 is 28.7 Å². The Morgan fingerprint density at radius 1 is 1.26 bits per heavy atom. The van der Waals surface area contributed by atoms with E-state index in [1.807, 2.05) is 0 Å². The number of hydrogen-bond donors (Lipinski definition) is 2. The second kappa shape index (κ2) is 7.25. The third-order valence-electron chi connectivity index (χ3n) is 2.89. The highest BCUT2D eigenvalue weighted by atomic mass is 16.5. The highest BCUT2D eigenvalue weighted by Gasteiger charge is 2.17. The average molecular weight is 321 g/mol. The molecule has 0 aliphatic rings. The highest BCUT2D eigenvalue weighted by molar-refractivity contribution is 5.90. The first-order valence-electron chi connectivity index (χ1n) is 6.61. The van der Waals surface area contributed by atoms with Gasteiger partial charge in [-0.1, -0.05) is 5.16 Å². The number of nitrogens with zero attached hydrogens (tertiary/aromatic N) is 2. The fourth-order valence-electron chi connectivity index (χ4n) is 1.77. The standard InChI is InChI=1S/C14H15N3O6/c1-21-9-4-3-8(7-10(9)22-2)12-16-14(23-17-12)13(20)15-6-5-11(18)19/h3-4,7H,5-6H2,1-2H3,(H,15,20)(H,18,19). The predicted octanol–water partition coefficient (Wildman–Crippen LogP) is 0.958. The van der Waals surface area contributed by atoms with Crippen molar-refractivity contribution in [3.8, 4) is 22.9 Å². The van der Waals surface area contributed by atoms with Crippen LogP contribution in [0.2, 0.25) is 0 Å². The number of ether oxygens (including phenoxy) is 2. The lowest BCUT2D eigenvalue weighted by atomic mass is 10.2. The number of aromatic nitrogens is 2. The fraction of sp³-hybridized carbons (Fsp3) is 0.286. The van der Waals surface area contributed by atoms with Gasteiger partial charge in [0, 0.05) is 12.1 Å². The van der Waals surface area contributed by atoms with E-state index in [0.29, 0.717) is 17.1 Å². The van der Waals surface area contributed by atoms with E-state index in [9.17, 15) is 9.59 Å². The number of methoxy groups -OCH3 is 2. The van der Waals surface area contributed by atoms with Crippen molar-refractivity contribution in [3.05, 3.63) is 24.1 Å². The zero-order chi connectivity index (χ0) is 16.8. The summed E-state index contributed by atoms with van der Waals surface area (Å²) in [7, 11) is 3.02. The van der Waals surface area contributed by atoms with Gasteiger partial charge in [-0.3, -0.25) is 9.59 Å². The van der Waals surface area contributed by atoms with Crippen molar-refractivity contribution in [3.63, 3.8) is 0 Å². The zero-order valence-corrected chi connectivity index (χ0v) is 12.5. The Kier molecular flexibility index (Phi) is 5.13. The molecule has 1 amide bonds. The van der Waals surface area contributed by atoms with Gasteiger partial charge in [-0.2, -0.15) is 4.98 Å². The Balaban J connectivity index is 2.12. The van der Waals surface area contributed by atoms with Crippen molar-refractivity contribution in [2.45, 2.75) is 6.42 Å². The lowest BCUT2D eigenvalue weighted by molar-refractivity contribution is -0.136. The van der Waals surface area contributed by atoms with Crippen LogP contribution in [-0.2, 0) is 4.79 Å². The number of nitrogens with one attached hydrogen (secondary N) is 1. The van der Waals surface area contributed by atoms with Gasteiger partial charge in [0.15, 0.2) is 11.5 Å². The largest absolute Gasteiger partial charge is 0.493 e. The molecule has 0 saturated carbocycles. The van der Waals surface area contributed by atoms with Crippen LogP contribution in [0.4, 0.5) is 0 Å². The molecular formula is C14H15N3O6. The molecule has 0 spiro atoms. The van der Waals surface area contributed by atoms with Crippen LogP contribution in [0.15, 0.2) is 22.7 Å². The Bertz CT molecular complexity index is 712. The van der Waals surface area contributed by atoms with Crippen molar-refractivity contribution in [2.75, 3.05) is 20.8 Å². The topological polar surface area (TPSA) is 124 Å². The molecule has 0 saturated heterocycles. The molecule has 1 heterocycles. The molecule has 1 aromatic carbocycles. The normalized spacial score (nSPS) is 10.2. The average Bonchev–Trinajstić information content (AvgIpc) is 3.03. The van der Waals surface area contributed by atoms with E-state index in [4.69, 9.17) is 19.1 Å². The number of aliphatic carboxylic acids is 1. The summed E-state index contributed by atoms with van der Waals surface area (Å²) in [6, 6.07) is 5.02. The summed E-state index contributed by atoms with van der Waals surface area (Å²) in [6.07, 6.45) is -0.192. The second-order valence-electron chi connectivity index (χ2n) is 4.39. The number of rotatable bonds is 7. The highest BCUT2D eigenvalue weighted by Crippen LogP contribution is 2.31. The van der Waals surface area contributed by atoms with Crippen LogP contribution in [0.5, 0.6) is 11.5 Å². The van der Waals surface area contributed by atoms with Crippen molar-refractivity contribution in [1.29, 1.82) is 0 Å². The van der Waals surface area contributed by atoms with Crippen molar-refractivity contribution in [1.82, 2.24) is 15.5 Å². The maximum Gasteiger partial charge on any atom is 0.316 e. The van der Waals surface area contributed by atoms with Gasteiger partial charge in [0.05, 0.1) is 20.6 Å². The number of carbonyl (C=O) groups excluding carboxylic acids is 1. The van der Waals surface area contributed by atoms with Gasteiger partial charge in [0.1, 0.15) is 0 Å². The van der Waals surface area contributed by atoms with E-state index in [0.717, 1.165) is 0 Å². The monoisotopic (exact) mass is 321 g/mol. The summed E-state index contributed by atoms with van der Waals surface area (Å²) in [5, 5.41) is 14.6. The van der Waals surface area contributed by atoms with Gasteiger partial charge >= 0.3 is 17.8 Å². The zero-order valence-electron chi connectivity index (χ0n) is 12.5. The molecule has 0 radical (unpaired) electrons. The van der Waals surface area contributed by atoms with Crippen LogP contribution in [0.1, 0.15) is 17.1 Å². The molecule has 0 aliphatic carbocycles. The summed E-state index contributed by atoms with van der Waals surface area (Å²) in [5.74, 6) is -0.657. The summed E-state index contributed by atoms with van der Waals surface area (Å²) < 4.78 is 15.2. The van der Waals surface area contributed by atoms with Crippen LogP contribution in [0, 0.1) is 0 Å². The summed E-state index contributed by atoms with van der Waals surface area (Å²) >= 11 is 0. The molecular weight excluding hydrogens is 306 g/mol. The Labute approximate surface area is 131 Å². The van der Waals surface area contributed by atoms with E-state index >= 15 is 0 Å². The first kappa shape index (κ1) is 16.3. The van der Waals surface area contributed by atoms with Gasteiger partial charge < -0.3 is 24.4 Å². The Morgan fingerprint density at radius 2 is 2.00 bits per heavy atom. The van der Waals surface area contributed by atoms with E-state index in [2.05, 4.69) is 15.5 Å². The molecule has 2 rings (SSSR count). The minimum Gasteiger partial charge on any atom is -0.493 e. The van der Waals surface area contributed by atoms with Crippen molar-refractivity contribution in [2.24, 2.45) is 0 Å². The van der Waals surface area contributed by atoms with Crippen LogP contribution >= 0.6 is 0 Å². The molecule has 0 unspecified atom stereocenters. The summed E-state index contributed by atoms with van der Waals surface area (Å²) in [5.41, 5.74) is 0.580. The molecule has 1 aromatic heterocycles. The molecule has 2 aromatic rings. The van der Waals surface area contributed by atoms with Gasteiger partial charge in [-0.15, -0.1) is 0 Å². The number of benzene rings is 1. The molecule has 0 bridgehead atoms. The third-order valence-corrected chi connectivity index (χ3v) is 2.89. The SMILES string of the molecule is COc1ccc(-c2noc(C(=O)NCCC(=O)O)n2)cc1OC. The number of carboxylic acid groups (broad SMARTS) is 1. The quantitative estimate of drug-likeness (QED) is 0.772. The Hall–Kier alpha value is -3.10. The maximum atomic E-state index is 11.7. The summed E-state index contributed by atoms with van der Waals surface area (Å²) in [6.45, 7) is -0.0256. The maximum absolute atomic E-state index is 11.7. The molecule has 9 heteroatoms. The molecule has 2 N–H and O–H groups in total. The lowest BCUT2D eigenvalue weighted by Crippen LogP contribution is -2.26. The molecule has 0 fully saturated rings.